The molecule has 142 valence electrons. The van der Waals surface area contributed by atoms with Gasteiger partial charge in [-0.2, -0.15) is 0 Å². The Balaban J connectivity index is 1.31. The minimum absolute atomic E-state index is 0.00253. The van der Waals surface area contributed by atoms with Gasteiger partial charge in [-0.3, -0.25) is 4.79 Å². The first-order valence-electron chi connectivity index (χ1n) is 9.33. The number of carbonyl (C=O) groups excluding carboxylic acids is 1. The molecule has 4 aromatic rings. The Morgan fingerprint density at radius 2 is 1.89 bits per heavy atom. The maximum Gasteiger partial charge on any atom is 0.224 e. The van der Waals surface area contributed by atoms with Crippen LogP contribution in [0.3, 0.4) is 0 Å². The van der Waals surface area contributed by atoms with Gasteiger partial charge in [0.15, 0.2) is 0 Å². The average Bonchev–Trinajstić information content (AvgIpc) is 3.30. The van der Waals surface area contributed by atoms with Crippen LogP contribution in [0.25, 0.3) is 21.5 Å². The van der Waals surface area contributed by atoms with Crippen LogP contribution in [0.2, 0.25) is 0 Å². The highest BCUT2D eigenvalue weighted by molar-refractivity contribution is 7.13. The average molecular weight is 391 g/mol. The summed E-state index contributed by atoms with van der Waals surface area (Å²) in [6.45, 7) is 4.68. The van der Waals surface area contributed by atoms with Crippen LogP contribution in [0.5, 0.6) is 0 Å². The first kappa shape index (κ1) is 18.4. The van der Waals surface area contributed by atoms with Crippen LogP contribution in [-0.2, 0) is 17.6 Å². The number of fused-ring (bicyclic) bond motifs is 1. The number of benzene rings is 2. The molecule has 4 rings (SSSR count). The lowest BCUT2D eigenvalue weighted by atomic mass is 10.1. The fourth-order valence-electron chi connectivity index (χ4n) is 3.14. The van der Waals surface area contributed by atoms with Gasteiger partial charge in [-0.15, -0.1) is 11.3 Å². The van der Waals surface area contributed by atoms with E-state index in [2.05, 4.69) is 46.9 Å². The van der Waals surface area contributed by atoms with E-state index in [9.17, 15) is 4.79 Å². The lowest BCUT2D eigenvalue weighted by Gasteiger charge is -2.03. The molecule has 0 saturated carbocycles. The number of rotatable bonds is 6. The zero-order valence-electron chi connectivity index (χ0n) is 16.0. The maximum atomic E-state index is 12.3. The molecule has 1 N–H and O–H groups in total. The normalized spacial score (nSPS) is 11.1. The molecule has 0 spiro atoms. The van der Waals surface area contributed by atoms with Crippen LogP contribution in [0, 0.1) is 13.8 Å². The molecule has 0 bridgehead atoms. The monoisotopic (exact) mass is 390 g/mol. The summed E-state index contributed by atoms with van der Waals surface area (Å²) in [7, 11) is 0. The molecule has 0 unspecified atom stereocenters. The van der Waals surface area contributed by atoms with Crippen LogP contribution < -0.4 is 5.32 Å². The number of aryl methyl sites for hydroxylation is 2. The molecule has 2 aromatic heterocycles. The SMILES string of the molecule is Cc1ccc(-c2nc(CCNC(=O)Cc3coc4cc(C)ccc34)cs2)cc1. The molecule has 0 fully saturated rings. The molecular formula is C23H22N2O2S. The van der Waals surface area contributed by atoms with Crippen molar-refractivity contribution in [1.29, 1.82) is 0 Å². The summed E-state index contributed by atoms with van der Waals surface area (Å²) in [6.07, 6.45) is 2.72. The minimum Gasteiger partial charge on any atom is -0.464 e. The number of nitrogens with zero attached hydrogens (tertiary/aromatic N) is 1. The Morgan fingerprint density at radius 1 is 1.11 bits per heavy atom. The number of hydrogen-bond acceptors (Lipinski definition) is 4. The van der Waals surface area contributed by atoms with E-state index in [1.54, 1.807) is 17.6 Å². The summed E-state index contributed by atoms with van der Waals surface area (Å²) < 4.78 is 5.57. The highest BCUT2D eigenvalue weighted by atomic mass is 32.1. The summed E-state index contributed by atoms with van der Waals surface area (Å²) in [5, 5.41) is 7.07. The Kier molecular flexibility index (Phi) is 5.26. The fraction of sp³-hybridized carbons (Fsp3) is 0.217. The number of hydrogen-bond donors (Lipinski definition) is 1. The highest BCUT2D eigenvalue weighted by Gasteiger charge is 2.11. The zero-order valence-corrected chi connectivity index (χ0v) is 16.8. The molecule has 0 saturated heterocycles. The molecule has 2 heterocycles. The second-order valence-electron chi connectivity index (χ2n) is 7.05. The third-order valence-corrected chi connectivity index (χ3v) is 5.66. The van der Waals surface area contributed by atoms with E-state index < -0.39 is 0 Å². The van der Waals surface area contributed by atoms with E-state index in [0.717, 1.165) is 44.8 Å². The molecule has 1 amide bonds. The number of carbonyl (C=O) groups is 1. The van der Waals surface area contributed by atoms with E-state index in [-0.39, 0.29) is 5.91 Å². The molecule has 5 heteroatoms. The van der Waals surface area contributed by atoms with Gasteiger partial charge in [0.2, 0.25) is 5.91 Å². The van der Waals surface area contributed by atoms with Gasteiger partial charge in [0.05, 0.1) is 18.4 Å². The van der Waals surface area contributed by atoms with Gasteiger partial charge in [0, 0.05) is 34.9 Å². The molecule has 28 heavy (non-hydrogen) atoms. The third kappa shape index (κ3) is 4.15. The molecule has 0 aliphatic heterocycles. The minimum atomic E-state index is -0.00253. The number of furan rings is 1. The molecule has 2 aromatic carbocycles. The topological polar surface area (TPSA) is 55.1 Å². The molecule has 4 nitrogen and oxygen atoms in total. The third-order valence-electron chi connectivity index (χ3n) is 4.72. The van der Waals surface area contributed by atoms with Crippen LogP contribution in [0.1, 0.15) is 22.4 Å². The second-order valence-corrected chi connectivity index (χ2v) is 7.91. The smallest absolute Gasteiger partial charge is 0.224 e. The predicted octanol–water partition coefficient (Wildman–Crippen LogP) is 5.07. The van der Waals surface area contributed by atoms with E-state index in [0.29, 0.717) is 13.0 Å². The van der Waals surface area contributed by atoms with Gasteiger partial charge in [-0.05, 0) is 25.5 Å². The van der Waals surface area contributed by atoms with Gasteiger partial charge in [0.25, 0.3) is 0 Å². The van der Waals surface area contributed by atoms with Gasteiger partial charge in [0.1, 0.15) is 10.6 Å². The van der Waals surface area contributed by atoms with E-state index in [4.69, 9.17) is 4.42 Å². The summed E-state index contributed by atoms with van der Waals surface area (Å²) in [6, 6.07) is 14.4. The van der Waals surface area contributed by atoms with Gasteiger partial charge < -0.3 is 9.73 Å². The quantitative estimate of drug-likeness (QED) is 0.500. The summed E-state index contributed by atoms with van der Waals surface area (Å²) >= 11 is 1.64. The lowest BCUT2D eigenvalue weighted by Crippen LogP contribution is -2.27. The van der Waals surface area contributed by atoms with E-state index in [1.807, 2.05) is 25.1 Å². The maximum absolute atomic E-state index is 12.3. The van der Waals surface area contributed by atoms with Gasteiger partial charge >= 0.3 is 0 Å². The molecule has 0 radical (unpaired) electrons. The van der Waals surface area contributed by atoms with Crippen LogP contribution in [0.4, 0.5) is 0 Å². The largest absolute Gasteiger partial charge is 0.464 e. The van der Waals surface area contributed by atoms with Crippen molar-refractivity contribution in [2.75, 3.05) is 6.54 Å². The van der Waals surface area contributed by atoms with Crippen LogP contribution >= 0.6 is 11.3 Å². The van der Waals surface area contributed by atoms with Crippen molar-refractivity contribution in [1.82, 2.24) is 10.3 Å². The number of thiazole rings is 1. The molecule has 0 aliphatic rings. The number of amides is 1. The van der Waals surface area contributed by atoms with E-state index >= 15 is 0 Å². The zero-order chi connectivity index (χ0) is 19.5. The second kappa shape index (κ2) is 7.98. The summed E-state index contributed by atoms with van der Waals surface area (Å²) in [5.74, 6) is -0.00253. The van der Waals surface area contributed by atoms with Crippen molar-refractivity contribution >= 4 is 28.2 Å². The lowest BCUT2D eigenvalue weighted by molar-refractivity contribution is -0.120. The predicted molar refractivity (Wildman–Crippen MR) is 114 cm³/mol. The van der Waals surface area contributed by atoms with Crippen LogP contribution in [0.15, 0.2) is 58.5 Å². The van der Waals surface area contributed by atoms with Crippen molar-refractivity contribution in [2.24, 2.45) is 0 Å². The first-order valence-corrected chi connectivity index (χ1v) is 10.2. The molecular weight excluding hydrogens is 368 g/mol. The highest BCUT2D eigenvalue weighted by Crippen LogP contribution is 2.24. The van der Waals surface area contributed by atoms with Gasteiger partial charge in [-0.1, -0.05) is 42.0 Å². The van der Waals surface area contributed by atoms with E-state index in [1.165, 1.54) is 5.56 Å². The van der Waals surface area contributed by atoms with Crippen molar-refractivity contribution in [3.63, 3.8) is 0 Å². The molecule has 0 atom stereocenters. The number of nitrogens with one attached hydrogen (secondary N) is 1. The summed E-state index contributed by atoms with van der Waals surface area (Å²) in [5.41, 5.74) is 6.27. The van der Waals surface area contributed by atoms with Gasteiger partial charge in [-0.25, -0.2) is 4.98 Å². The Bertz CT molecular complexity index is 1110. The Hall–Kier alpha value is -2.92. The summed E-state index contributed by atoms with van der Waals surface area (Å²) in [4.78, 5) is 17.0. The van der Waals surface area contributed by atoms with Crippen molar-refractivity contribution in [3.8, 4) is 10.6 Å². The first-order chi connectivity index (χ1) is 13.6. The standard InChI is InChI=1S/C23H22N2O2S/c1-15-3-6-17(7-4-15)23-25-19(14-28-23)9-10-24-22(26)12-18-13-27-21-11-16(2)5-8-20(18)21/h3-8,11,13-14H,9-10,12H2,1-2H3,(H,24,26). The number of aromatic nitrogens is 1. The van der Waals surface area contributed by atoms with Crippen LogP contribution in [-0.4, -0.2) is 17.4 Å². The van der Waals surface area contributed by atoms with Crippen molar-refractivity contribution < 1.29 is 9.21 Å². The van der Waals surface area contributed by atoms with Crippen molar-refractivity contribution in [3.05, 3.63) is 76.5 Å². The van der Waals surface area contributed by atoms with Crippen molar-refractivity contribution in [2.45, 2.75) is 26.7 Å². The molecule has 0 aliphatic carbocycles. The Morgan fingerprint density at radius 3 is 2.71 bits per heavy atom. The fourth-order valence-corrected chi connectivity index (χ4v) is 4.00. The Labute approximate surface area is 168 Å².